The molecule has 1 aromatic heterocycles. The van der Waals surface area contributed by atoms with E-state index in [4.69, 9.17) is 9.47 Å². The molecule has 8 heteroatoms. The van der Waals surface area contributed by atoms with Gasteiger partial charge in [0.25, 0.3) is 0 Å². The molecule has 6 nitrogen and oxygen atoms in total. The molecule has 1 N–H and O–H groups in total. The van der Waals surface area contributed by atoms with E-state index in [0.29, 0.717) is 23.9 Å². The molecule has 23 heavy (non-hydrogen) atoms. The van der Waals surface area contributed by atoms with E-state index in [-0.39, 0.29) is 5.82 Å². The lowest BCUT2D eigenvalue weighted by Crippen LogP contribution is -2.00. The maximum atomic E-state index is 12.9. The van der Waals surface area contributed by atoms with Crippen LogP contribution >= 0.6 is 22.6 Å². The summed E-state index contributed by atoms with van der Waals surface area (Å²) in [6.45, 7) is 0.314. The first kappa shape index (κ1) is 15.7. The summed E-state index contributed by atoms with van der Waals surface area (Å²) in [5.41, 5.74) is 1.64. The van der Waals surface area contributed by atoms with Gasteiger partial charge in [-0.2, -0.15) is 5.21 Å². The lowest BCUT2D eigenvalue weighted by atomic mass is 10.2. The van der Waals surface area contributed by atoms with Crippen LogP contribution in [0.1, 0.15) is 5.56 Å². The Balaban J connectivity index is 1.85. The zero-order chi connectivity index (χ0) is 16.2. The van der Waals surface area contributed by atoms with Gasteiger partial charge in [0, 0.05) is 5.56 Å². The van der Waals surface area contributed by atoms with Crippen LogP contribution in [-0.4, -0.2) is 27.7 Å². The summed E-state index contributed by atoms with van der Waals surface area (Å²) in [5.74, 6) is 1.39. The summed E-state index contributed by atoms with van der Waals surface area (Å²) in [6.07, 6.45) is 0. The van der Waals surface area contributed by atoms with E-state index in [2.05, 4.69) is 43.2 Å². The monoisotopic (exact) mass is 426 g/mol. The maximum Gasteiger partial charge on any atom is 0.204 e. The van der Waals surface area contributed by atoms with E-state index in [9.17, 15) is 4.39 Å². The van der Waals surface area contributed by atoms with Crippen LogP contribution < -0.4 is 9.47 Å². The van der Waals surface area contributed by atoms with Crippen molar-refractivity contribution in [3.63, 3.8) is 0 Å². The zero-order valence-electron chi connectivity index (χ0n) is 12.1. The Bertz CT molecular complexity index is 794. The molecular weight excluding hydrogens is 414 g/mol. The van der Waals surface area contributed by atoms with Crippen LogP contribution in [0.2, 0.25) is 0 Å². The molecule has 3 aromatic rings. The number of benzene rings is 2. The van der Waals surface area contributed by atoms with E-state index in [1.807, 2.05) is 6.07 Å². The molecule has 0 spiro atoms. The lowest BCUT2D eigenvalue weighted by Gasteiger charge is -2.13. The average Bonchev–Trinajstić information content (AvgIpc) is 3.09. The number of methoxy groups -OCH3 is 1. The second-order valence-electron chi connectivity index (χ2n) is 4.64. The summed E-state index contributed by atoms with van der Waals surface area (Å²) in [5, 5.41) is 13.9. The number of ether oxygens (including phenoxy) is 2. The molecule has 0 fully saturated rings. The highest BCUT2D eigenvalue weighted by Crippen LogP contribution is 2.36. The van der Waals surface area contributed by atoms with Gasteiger partial charge in [-0.15, -0.1) is 10.2 Å². The first-order valence-corrected chi connectivity index (χ1v) is 7.74. The number of nitrogens with zero attached hydrogens (tertiary/aromatic N) is 3. The Morgan fingerprint density at radius 2 is 2.00 bits per heavy atom. The number of halogens is 2. The molecular formula is C15H12FIN4O2. The Hall–Kier alpha value is -2.23. The van der Waals surface area contributed by atoms with Gasteiger partial charge >= 0.3 is 0 Å². The van der Waals surface area contributed by atoms with E-state index in [1.165, 1.54) is 12.1 Å². The van der Waals surface area contributed by atoms with Gasteiger partial charge in [0.15, 0.2) is 11.5 Å². The molecule has 0 saturated carbocycles. The molecule has 0 aliphatic carbocycles. The number of H-pyrrole nitrogens is 1. The Morgan fingerprint density at radius 1 is 1.22 bits per heavy atom. The highest BCUT2D eigenvalue weighted by atomic mass is 127. The third-order valence-electron chi connectivity index (χ3n) is 3.13. The molecule has 2 aromatic carbocycles. The number of aromatic amines is 1. The first-order valence-electron chi connectivity index (χ1n) is 6.66. The van der Waals surface area contributed by atoms with Gasteiger partial charge in [-0.3, -0.25) is 0 Å². The Morgan fingerprint density at radius 3 is 2.65 bits per heavy atom. The number of aromatic nitrogens is 4. The summed E-state index contributed by atoms with van der Waals surface area (Å²) in [4.78, 5) is 0. The zero-order valence-corrected chi connectivity index (χ0v) is 14.2. The van der Waals surface area contributed by atoms with Crippen molar-refractivity contribution in [2.75, 3.05) is 7.11 Å². The second kappa shape index (κ2) is 6.90. The third kappa shape index (κ3) is 3.58. The lowest BCUT2D eigenvalue weighted by molar-refractivity contribution is 0.282. The van der Waals surface area contributed by atoms with Crippen molar-refractivity contribution in [2.45, 2.75) is 6.61 Å². The summed E-state index contributed by atoms with van der Waals surface area (Å²) >= 11 is 2.16. The Kier molecular flexibility index (Phi) is 4.70. The highest BCUT2D eigenvalue weighted by Gasteiger charge is 2.14. The molecule has 0 aliphatic heterocycles. The van der Waals surface area contributed by atoms with Crippen molar-refractivity contribution in [3.05, 3.63) is 51.3 Å². The minimum Gasteiger partial charge on any atom is -0.493 e. The topological polar surface area (TPSA) is 72.9 Å². The molecule has 0 amide bonds. The van der Waals surface area contributed by atoms with Crippen molar-refractivity contribution >= 4 is 22.6 Å². The SMILES string of the molecule is COc1cc(-c2nn[nH]n2)cc(I)c1OCc1ccc(F)cc1. The second-order valence-corrected chi connectivity index (χ2v) is 5.80. The van der Waals surface area contributed by atoms with Crippen LogP contribution in [0.5, 0.6) is 11.5 Å². The van der Waals surface area contributed by atoms with E-state index in [0.717, 1.165) is 14.7 Å². The van der Waals surface area contributed by atoms with Crippen LogP contribution in [0.3, 0.4) is 0 Å². The average molecular weight is 426 g/mol. The fourth-order valence-electron chi connectivity index (χ4n) is 2.01. The number of tetrazole rings is 1. The van der Waals surface area contributed by atoms with Gasteiger partial charge in [-0.05, 0) is 57.6 Å². The molecule has 0 bridgehead atoms. The quantitative estimate of drug-likeness (QED) is 0.635. The van der Waals surface area contributed by atoms with E-state index < -0.39 is 0 Å². The third-order valence-corrected chi connectivity index (χ3v) is 3.93. The fourth-order valence-corrected chi connectivity index (χ4v) is 2.77. The van der Waals surface area contributed by atoms with Crippen molar-refractivity contribution < 1.29 is 13.9 Å². The minimum atomic E-state index is -0.273. The number of hydrogen-bond acceptors (Lipinski definition) is 5. The first-order chi connectivity index (χ1) is 11.2. The molecule has 118 valence electrons. The highest BCUT2D eigenvalue weighted by molar-refractivity contribution is 14.1. The van der Waals surface area contributed by atoms with Gasteiger partial charge in [0.1, 0.15) is 12.4 Å². The van der Waals surface area contributed by atoms with Gasteiger partial charge < -0.3 is 9.47 Å². The fraction of sp³-hybridized carbons (Fsp3) is 0.133. The summed E-state index contributed by atoms with van der Waals surface area (Å²) in [6, 6.07) is 9.84. The van der Waals surface area contributed by atoms with Gasteiger partial charge in [-0.25, -0.2) is 4.39 Å². The maximum absolute atomic E-state index is 12.9. The van der Waals surface area contributed by atoms with Crippen LogP contribution in [0.25, 0.3) is 11.4 Å². The minimum absolute atomic E-state index is 0.273. The summed E-state index contributed by atoms with van der Waals surface area (Å²) < 4.78 is 25.0. The summed E-state index contributed by atoms with van der Waals surface area (Å²) in [7, 11) is 1.57. The molecule has 0 radical (unpaired) electrons. The largest absolute Gasteiger partial charge is 0.493 e. The van der Waals surface area contributed by atoms with Crippen molar-refractivity contribution in [3.8, 4) is 22.9 Å². The van der Waals surface area contributed by atoms with Crippen molar-refractivity contribution in [1.29, 1.82) is 0 Å². The van der Waals surface area contributed by atoms with Gasteiger partial charge in [0.2, 0.25) is 5.82 Å². The van der Waals surface area contributed by atoms with E-state index in [1.54, 1.807) is 25.3 Å². The van der Waals surface area contributed by atoms with Gasteiger partial charge in [0.05, 0.1) is 10.7 Å². The van der Waals surface area contributed by atoms with Gasteiger partial charge in [-0.1, -0.05) is 12.1 Å². The van der Waals surface area contributed by atoms with E-state index >= 15 is 0 Å². The Labute approximate surface area is 145 Å². The molecule has 3 rings (SSSR count). The molecule has 0 atom stereocenters. The van der Waals surface area contributed by atoms with Crippen LogP contribution in [0.15, 0.2) is 36.4 Å². The molecule has 0 aliphatic rings. The standard InChI is InChI=1S/C15H12FIN4O2/c1-22-13-7-10(15-18-20-21-19-15)6-12(17)14(13)23-8-9-2-4-11(16)5-3-9/h2-7H,8H2,1H3,(H,18,19,20,21). The molecule has 0 saturated heterocycles. The molecule has 1 heterocycles. The predicted octanol–water partition coefficient (Wildman–Crippen LogP) is 3.20. The van der Waals surface area contributed by atoms with Crippen LogP contribution in [0, 0.1) is 9.39 Å². The van der Waals surface area contributed by atoms with Crippen molar-refractivity contribution in [1.82, 2.24) is 20.6 Å². The number of hydrogen-bond donors (Lipinski definition) is 1. The normalized spacial score (nSPS) is 10.6. The van der Waals surface area contributed by atoms with Crippen LogP contribution in [0.4, 0.5) is 4.39 Å². The number of nitrogens with one attached hydrogen (secondary N) is 1. The number of rotatable bonds is 5. The van der Waals surface area contributed by atoms with Crippen molar-refractivity contribution in [2.24, 2.45) is 0 Å². The van der Waals surface area contributed by atoms with Crippen LogP contribution in [-0.2, 0) is 6.61 Å². The predicted molar refractivity (Wildman–Crippen MR) is 89.6 cm³/mol. The smallest absolute Gasteiger partial charge is 0.204 e. The molecule has 0 unspecified atom stereocenters.